The van der Waals surface area contributed by atoms with Gasteiger partial charge in [0.1, 0.15) is 11.3 Å². The summed E-state index contributed by atoms with van der Waals surface area (Å²) in [6, 6.07) is 26.0. The van der Waals surface area contributed by atoms with Crippen molar-refractivity contribution >= 4 is 22.7 Å². The summed E-state index contributed by atoms with van der Waals surface area (Å²) < 4.78 is 6.08. The van der Waals surface area contributed by atoms with E-state index in [9.17, 15) is 0 Å². The molecule has 25 heavy (non-hydrogen) atoms. The Morgan fingerprint density at radius 2 is 1.64 bits per heavy atom. The second kappa shape index (κ2) is 5.82. The molecule has 1 aromatic heterocycles. The minimum Gasteiger partial charge on any atom is -0.460 e. The van der Waals surface area contributed by atoms with Crippen LogP contribution in [0.5, 0.6) is 0 Å². The molecule has 5 rings (SSSR count). The third-order valence-electron chi connectivity index (χ3n) is 5.03. The highest BCUT2D eigenvalue weighted by Gasteiger charge is 2.19. The van der Waals surface area contributed by atoms with E-state index in [1.807, 2.05) is 23.9 Å². The molecule has 2 heterocycles. The quantitative estimate of drug-likeness (QED) is 0.357. The fourth-order valence-corrected chi connectivity index (χ4v) is 4.61. The van der Waals surface area contributed by atoms with Crippen molar-refractivity contribution in [1.82, 2.24) is 0 Å². The van der Waals surface area contributed by atoms with E-state index >= 15 is 0 Å². The van der Waals surface area contributed by atoms with Gasteiger partial charge in [-0.3, -0.25) is 0 Å². The molecule has 1 atom stereocenters. The first-order valence-electron chi connectivity index (χ1n) is 8.65. The SMILES string of the molecule is CC(c1ccc2c(c1)Cc1ccccc1S2)c1cc2ccccc2o1. The topological polar surface area (TPSA) is 13.1 Å². The highest BCUT2D eigenvalue weighted by atomic mass is 32.2. The van der Waals surface area contributed by atoms with E-state index in [2.05, 4.69) is 67.6 Å². The Bertz CT molecular complexity index is 1040. The maximum Gasteiger partial charge on any atom is 0.134 e. The van der Waals surface area contributed by atoms with E-state index in [-0.39, 0.29) is 5.92 Å². The Labute approximate surface area is 151 Å². The van der Waals surface area contributed by atoms with Gasteiger partial charge in [0.15, 0.2) is 0 Å². The second-order valence-corrected chi connectivity index (χ2v) is 7.75. The molecule has 0 N–H and O–H groups in total. The summed E-state index contributed by atoms with van der Waals surface area (Å²) in [7, 11) is 0. The number of hydrogen-bond donors (Lipinski definition) is 0. The lowest BCUT2D eigenvalue weighted by atomic mass is 9.94. The summed E-state index contributed by atoms with van der Waals surface area (Å²) in [4.78, 5) is 2.76. The van der Waals surface area contributed by atoms with Gasteiger partial charge in [-0.1, -0.05) is 67.2 Å². The van der Waals surface area contributed by atoms with Gasteiger partial charge in [-0.05, 0) is 47.4 Å². The molecule has 0 amide bonds. The molecule has 4 aromatic rings. The van der Waals surface area contributed by atoms with Crippen molar-refractivity contribution < 1.29 is 4.42 Å². The molecule has 0 aliphatic carbocycles. The predicted molar refractivity (Wildman–Crippen MR) is 104 cm³/mol. The predicted octanol–water partition coefficient (Wildman–Crippen LogP) is 6.64. The van der Waals surface area contributed by atoms with E-state index in [0.29, 0.717) is 0 Å². The van der Waals surface area contributed by atoms with Gasteiger partial charge < -0.3 is 4.42 Å². The standard InChI is InChI=1S/C23H18OS/c1-15(21-14-17-6-2-4-8-20(17)24-21)16-10-11-23-19(12-16)13-18-7-3-5-9-22(18)25-23/h2-12,14-15H,13H2,1H3. The normalized spacial score (nSPS) is 14.1. The molecule has 1 nitrogen and oxygen atoms in total. The van der Waals surface area contributed by atoms with E-state index in [1.54, 1.807) is 0 Å². The molecule has 1 aliphatic rings. The Hall–Kier alpha value is -2.45. The first kappa shape index (κ1) is 14.9. The molecule has 0 fully saturated rings. The van der Waals surface area contributed by atoms with Gasteiger partial charge in [0.25, 0.3) is 0 Å². The molecular formula is C23H18OS. The minimum absolute atomic E-state index is 0.250. The molecule has 0 spiro atoms. The largest absolute Gasteiger partial charge is 0.460 e. The number of benzene rings is 3. The molecule has 0 saturated heterocycles. The van der Waals surface area contributed by atoms with Gasteiger partial charge in [0.05, 0.1) is 0 Å². The fraction of sp³-hybridized carbons (Fsp3) is 0.130. The van der Waals surface area contributed by atoms with Crippen molar-refractivity contribution in [3.8, 4) is 0 Å². The van der Waals surface area contributed by atoms with Crippen LogP contribution >= 0.6 is 11.8 Å². The van der Waals surface area contributed by atoms with Gasteiger partial charge in [0, 0.05) is 21.1 Å². The Balaban J connectivity index is 1.51. The molecule has 0 radical (unpaired) electrons. The van der Waals surface area contributed by atoms with Crippen LogP contribution in [0, 0.1) is 0 Å². The van der Waals surface area contributed by atoms with Crippen LogP contribution in [0.25, 0.3) is 11.0 Å². The van der Waals surface area contributed by atoms with Gasteiger partial charge >= 0.3 is 0 Å². The maximum atomic E-state index is 6.08. The highest BCUT2D eigenvalue weighted by molar-refractivity contribution is 7.99. The molecule has 0 bridgehead atoms. The van der Waals surface area contributed by atoms with Gasteiger partial charge in [-0.25, -0.2) is 0 Å². The van der Waals surface area contributed by atoms with Crippen molar-refractivity contribution in [2.24, 2.45) is 0 Å². The highest BCUT2D eigenvalue weighted by Crippen LogP contribution is 2.41. The number of para-hydroxylation sites is 1. The average molecular weight is 342 g/mol. The van der Waals surface area contributed by atoms with Crippen LogP contribution in [0.15, 0.2) is 87.0 Å². The van der Waals surface area contributed by atoms with Crippen LogP contribution in [-0.2, 0) is 6.42 Å². The summed E-state index contributed by atoms with van der Waals surface area (Å²) in [5.41, 5.74) is 5.13. The van der Waals surface area contributed by atoms with Crippen LogP contribution in [0.3, 0.4) is 0 Å². The summed E-state index contributed by atoms with van der Waals surface area (Å²) in [6.07, 6.45) is 1.01. The number of hydrogen-bond acceptors (Lipinski definition) is 2. The molecule has 3 aromatic carbocycles. The Morgan fingerprint density at radius 3 is 2.56 bits per heavy atom. The maximum absolute atomic E-state index is 6.08. The van der Waals surface area contributed by atoms with Gasteiger partial charge in [0.2, 0.25) is 0 Å². The van der Waals surface area contributed by atoms with Crippen LogP contribution in [0.1, 0.15) is 35.3 Å². The summed E-state index contributed by atoms with van der Waals surface area (Å²) in [5, 5.41) is 1.17. The third-order valence-corrected chi connectivity index (χ3v) is 6.27. The van der Waals surface area contributed by atoms with Gasteiger partial charge in [-0.15, -0.1) is 0 Å². The van der Waals surface area contributed by atoms with E-state index in [4.69, 9.17) is 4.42 Å². The van der Waals surface area contributed by atoms with Crippen LogP contribution in [0.4, 0.5) is 0 Å². The molecule has 2 heteroatoms. The Morgan fingerprint density at radius 1 is 0.840 bits per heavy atom. The van der Waals surface area contributed by atoms with Crippen molar-refractivity contribution in [3.05, 3.63) is 95.2 Å². The zero-order chi connectivity index (χ0) is 16.8. The van der Waals surface area contributed by atoms with Crippen LogP contribution in [0.2, 0.25) is 0 Å². The fourth-order valence-electron chi connectivity index (χ4n) is 3.56. The van der Waals surface area contributed by atoms with Crippen molar-refractivity contribution in [2.75, 3.05) is 0 Å². The molecule has 122 valence electrons. The zero-order valence-electron chi connectivity index (χ0n) is 14.0. The average Bonchev–Trinajstić information content (AvgIpc) is 3.09. The van der Waals surface area contributed by atoms with E-state index in [1.165, 1.54) is 31.9 Å². The first-order valence-corrected chi connectivity index (χ1v) is 9.46. The lowest BCUT2D eigenvalue weighted by Gasteiger charge is -2.20. The molecule has 1 aliphatic heterocycles. The van der Waals surface area contributed by atoms with E-state index in [0.717, 1.165) is 17.8 Å². The number of furan rings is 1. The molecule has 0 saturated carbocycles. The Kier molecular flexibility index (Phi) is 3.46. The lowest BCUT2D eigenvalue weighted by Crippen LogP contribution is -2.02. The van der Waals surface area contributed by atoms with Crippen LogP contribution < -0.4 is 0 Å². The van der Waals surface area contributed by atoms with Gasteiger partial charge in [-0.2, -0.15) is 0 Å². The smallest absolute Gasteiger partial charge is 0.134 e. The van der Waals surface area contributed by atoms with E-state index < -0.39 is 0 Å². The second-order valence-electron chi connectivity index (χ2n) is 6.66. The number of fused-ring (bicyclic) bond motifs is 3. The third kappa shape index (κ3) is 2.58. The van der Waals surface area contributed by atoms with Crippen LogP contribution in [-0.4, -0.2) is 0 Å². The summed E-state index contributed by atoms with van der Waals surface area (Å²) in [6.45, 7) is 2.23. The van der Waals surface area contributed by atoms with Crippen molar-refractivity contribution in [3.63, 3.8) is 0 Å². The molecular weight excluding hydrogens is 324 g/mol. The minimum atomic E-state index is 0.250. The zero-order valence-corrected chi connectivity index (χ0v) is 14.8. The van der Waals surface area contributed by atoms with Crippen molar-refractivity contribution in [1.29, 1.82) is 0 Å². The molecule has 1 unspecified atom stereocenters. The first-order chi connectivity index (χ1) is 12.3. The lowest BCUT2D eigenvalue weighted by molar-refractivity contribution is 0.532. The number of rotatable bonds is 2. The monoisotopic (exact) mass is 342 g/mol. The summed E-state index contributed by atoms with van der Waals surface area (Å²) in [5.74, 6) is 1.28. The summed E-state index contributed by atoms with van der Waals surface area (Å²) >= 11 is 1.88. The van der Waals surface area contributed by atoms with Crippen molar-refractivity contribution in [2.45, 2.75) is 29.1 Å².